The molecular weight excluding hydrogens is 271 g/mol. The molecule has 21 heavy (non-hydrogen) atoms. The van der Waals surface area contributed by atoms with Gasteiger partial charge in [-0.25, -0.2) is 4.39 Å². The van der Waals surface area contributed by atoms with Gasteiger partial charge in [-0.2, -0.15) is 0 Å². The van der Waals surface area contributed by atoms with Gasteiger partial charge in [-0.05, 0) is 37.8 Å². The molecule has 1 aromatic rings. The third kappa shape index (κ3) is 4.43. The van der Waals surface area contributed by atoms with Crippen molar-refractivity contribution in [2.24, 2.45) is 0 Å². The number of hydrogen-bond acceptors (Lipinski definition) is 3. The Morgan fingerprint density at radius 2 is 2.29 bits per heavy atom. The lowest BCUT2D eigenvalue weighted by Crippen LogP contribution is -2.28. The number of carbonyl (C=O) groups is 1. The van der Waals surface area contributed by atoms with Gasteiger partial charge in [0.05, 0.1) is 17.4 Å². The number of rotatable bonds is 7. The smallest absolute Gasteiger partial charge is 0.253 e. The maximum Gasteiger partial charge on any atom is 0.253 e. The molecule has 4 nitrogen and oxygen atoms in total. The van der Waals surface area contributed by atoms with E-state index in [1.165, 1.54) is 6.07 Å². The van der Waals surface area contributed by atoms with Crippen LogP contribution in [0.2, 0.25) is 0 Å². The molecule has 2 rings (SSSR count). The van der Waals surface area contributed by atoms with Gasteiger partial charge in [-0.3, -0.25) is 4.79 Å². The lowest BCUT2D eigenvalue weighted by Gasteiger charge is -2.14. The van der Waals surface area contributed by atoms with Crippen LogP contribution in [0.25, 0.3) is 0 Å². The van der Waals surface area contributed by atoms with Crippen LogP contribution in [0.4, 0.5) is 10.1 Å². The first-order valence-electron chi connectivity index (χ1n) is 7.64. The maximum absolute atomic E-state index is 13.8. The SMILES string of the molecule is CCCNc1c(F)cccc1C(=O)NCCC1CCCO1. The molecule has 1 aliphatic rings. The Hall–Kier alpha value is -1.62. The van der Waals surface area contributed by atoms with Crippen molar-refractivity contribution in [1.29, 1.82) is 0 Å². The van der Waals surface area contributed by atoms with Crippen LogP contribution in [0.5, 0.6) is 0 Å². The minimum absolute atomic E-state index is 0.244. The van der Waals surface area contributed by atoms with Gasteiger partial charge in [0.2, 0.25) is 0 Å². The molecule has 5 heteroatoms. The summed E-state index contributed by atoms with van der Waals surface area (Å²) in [7, 11) is 0. The van der Waals surface area contributed by atoms with Crippen LogP contribution in [-0.4, -0.2) is 31.7 Å². The molecule has 0 spiro atoms. The van der Waals surface area contributed by atoms with E-state index in [0.29, 0.717) is 18.7 Å². The molecule has 0 radical (unpaired) electrons. The highest BCUT2D eigenvalue weighted by Gasteiger charge is 2.17. The fourth-order valence-corrected chi connectivity index (χ4v) is 2.46. The number of benzene rings is 1. The van der Waals surface area contributed by atoms with Gasteiger partial charge in [0.25, 0.3) is 5.91 Å². The molecule has 1 aliphatic heterocycles. The summed E-state index contributed by atoms with van der Waals surface area (Å²) in [4.78, 5) is 12.2. The van der Waals surface area contributed by atoms with Gasteiger partial charge in [0, 0.05) is 19.7 Å². The van der Waals surface area contributed by atoms with Gasteiger partial charge in [-0.15, -0.1) is 0 Å². The molecule has 0 aromatic heterocycles. The van der Waals surface area contributed by atoms with E-state index in [4.69, 9.17) is 4.74 Å². The fourth-order valence-electron chi connectivity index (χ4n) is 2.46. The van der Waals surface area contributed by atoms with Crippen LogP contribution in [0.1, 0.15) is 43.0 Å². The third-order valence-corrected chi connectivity index (χ3v) is 3.59. The molecule has 1 atom stereocenters. The molecule has 1 saturated heterocycles. The molecule has 0 saturated carbocycles. The van der Waals surface area contributed by atoms with Crippen LogP contribution in [-0.2, 0) is 4.74 Å². The maximum atomic E-state index is 13.8. The molecule has 0 aliphatic carbocycles. The number of halogens is 1. The zero-order chi connectivity index (χ0) is 15.1. The van der Waals surface area contributed by atoms with Gasteiger partial charge < -0.3 is 15.4 Å². The predicted molar refractivity (Wildman–Crippen MR) is 81.1 cm³/mol. The Balaban J connectivity index is 1.92. The number of anilines is 1. The Morgan fingerprint density at radius 3 is 3.00 bits per heavy atom. The predicted octanol–water partition coefficient (Wildman–Crippen LogP) is 2.95. The van der Waals surface area contributed by atoms with Gasteiger partial charge >= 0.3 is 0 Å². The Labute approximate surface area is 125 Å². The number of amides is 1. The van der Waals surface area contributed by atoms with Crippen molar-refractivity contribution < 1.29 is 13.9 Å². The van der Waals surface area contributed by atoms with Crippen LogP contribution in [0, 0.1) is 5.82 Å². The zero-order valence-electron chi connectivity index (χ0n) is 12.5. The van der Waals surface area contributed by atoms with Crippen LogP contribution >= 0.6 is 0 Å². The highest BCUT2D eigenvalue weighted by atomic mass is 19.1. The number of para-hydroxylation sites is 1. The average molecular weight is 294 g/mol. The van der Waals surface area contributed by atoms with E-state index in [0.717, 1.165) is 32.3 Å². The van der Waals surface area contributed by atoms with Gasteiger partial charge in [0.1, 0.15) is 5.82 Å². The zero-order valence-corrected chi connectivity index (χ0v) is 12.5. The first kappa shape index (κ1) is 15.8. The van der Waals surface area contributed by atoms with Crippen molar-refractivity contribution >= 4 is 11.6 Å². The number of nitrogens with one attached hydrogen (secondary N) is 2. The quantitative estimate of drug-likeness (QED) is 0.813. The van der Waals surface area contributed by atoms with Crippen molar-refractivity contribution in [3.63, 3.8) is 0 Å². The second-order valence-electron chi connectivity index (χ2n) is 5.27. The van der Waals surface area contributed by atoms with Crippen molar-refractivity contribution in [2.75, 3.05) is 25.0 Å². The van der Waals surface area contributed by atoms with E-state index in [1.807, 2.05) is 6.92 Å². The van der Waals surface area contributed by atoms with Crippen LogP contribution in [0.15, 0.2) is 18.2 Å². The highest BCUT2D eigenvalue weighted by molar-refractivity contribution is 5.99. The van der Waals surface area contributed by atoms with E-state index in [9.17, 15) is 9.18 Å². The summed E-state index contributed by atoms with van der Waals surface area (Å²) in [5.74, 6) is -0.638. The second kappa shape index (κ2) is 7.98. The number of hydrogen-bond donors (Lipinski definition) is 2. The van der Waals surface area contributed by atoms with E-state index in [-0.39, 0.29) is 17.7 Å². The minimum atomic E-state index is -0.393. The summed E-state index contributed by atoms with van der Waals surface area (Å²) >= 11 is 0. The first-order chi connectivity index (χ1) is 10.2. The van der Waals surface area contributed by atoms with Crippen molar-refractivity contribution in [2.45, 2.75) is 38.7 Å². The Bertz CT molecular complexity index is 473. The molecule has 1 unspecified atom stereocenters. The average Bonchev–Trinajstić information content (AvgIpc) is 2.99. The molecule has 116 valence electrons. The van der Waals surface area contributed by atoms with Crippen molar-refractivity contribution in [3.8, 4) is 0 Å². The summed E-state index contributed by atoms with van der Waals surface area (Å²) in [6.07, 6.45) is 4.07. The Kier molecular flexibility index (Phi) is 5.99. The summed E-state index contributed by atoms with van der Waals surface area (Å²) in [6, 6.07) is 4.56. The number of ether oxygens (including phenoxy) is 1. The molecule has 1 amide bonds. The topological polar surface area (TPSA) is 50.4 Å². The minimum Gasteiger partial charge on any atom is -0.382 e. The summed E-state index contributed by atoms with van der Waals surface area (Å²) in [5.41, 5.74) is 0.643. The molecular formula is C16H23FN2O2. The van der Waals surface area contributed by atoms with E-state index in [2.05, 4.69) is 10.6 Å². The van der Waals surface area contributed by atoms with Gasteiger partial charge in [0.15, 0.2) is 0 Å². The molecule has 2 N–H and O–H groups in total. The molecule has 1 heterocycles. The van der Waals surface area contributed by atoms with Crippen molar-refractivity contribution in [1.82, 2.24) is 5.32 Å². The van der Waals surface area contributed by atoms with E-state index < -0.39 is 5.82 Å². The monoisotopic (exact) mass is 294 g/mol. The molecule has 0 bridgehead atoms. The normalized spacial score (nSPS) is 17.7. The van der Waals surface area contributed by atoms with Gasteiger partial charge in [-0.1, -0.05) is 13.0 Å². The summed E-state index contributed by atoms with van der Waals surface area (Å²) in [6.45, 7) is 3.99. The number of carbonyl (C=O) groups excluding carboxylic acids is 1. The fraction of sp³-hybridized carbons (Fsp3) is 0.562. The highest BCUT2D eigenvalue weighted by Crippen LogP contribution is 2.20. The Morgan fingerprint density at radius 1 is 1.43 bits per heavy atom. The van der Waals surface area contributed by atoms with E-state index >= 15 is 0 Å². The van der Waals surface area contributed by atoms with E-state index in [1.54, 1.807) is 12.1 Å². The summed E-state index contributed by atoms with van der Waals surface area (Å²) < 4.78 is 19.4. The lowest BCUT2D eigenvalue weighted by atomic mass is 10.1. The van der Waals surface area contributed by atoms with Crippen molar-refractivity contribution in [3.05, 3.63) is 29.6 Å². The first-order valence-corrected chi connectivity index (χ1v) is 7.64. The summed E-state index contributed by atoms with van der Waals surface area (Å²) in [5, 5.41) is 5.83. The molecule has 1 aromatic carbocycles. The van der Waals surface area contributed by atoms with Crippen LogP contribution in [0.3, 0.4) is 0 Å². The lowest BCUT2D eigenvalue weighted by molar-refractivity contribution is 0.0907. The standard InChI is InChI=1S/C16H23FN2O2/c1-2-9-18-15-13(6-3-7-14(15)17)16(20)19-10-8-12-5-4-11-21-12/h3,6-7,12,18H,2,4-5,8-11H2,1H3,(H,19,20). The largest absolute Gasteiger partial charge is 0.382 e. The second-order valence-corrected chi connectivity index (χ2v) is 5.27. The third-order valence-electron chi connectivity index (χ3n) is 3.59. The molecule has 1 fully saturated rings. The van der Waals surface area contributed by atoms with Crippen LogP contribution < -0.4 is 10.6 Å².